The average molecular weight is 250 g/mol. The highest BCUT2D eigenvalue weighted by atomic mass is 16.2. The molecule has 3 fully saturated rings. The SMILES string of the molecule is CC1C(=O)N2CCCC2C(=O)N1CC1CC1(C)C. The van der Waals surface area contributed by atoms with Crippen LogP contribution in [0.2, 0.25) is 0 Å². The van der Waals surface area contributed by atoms with Gasteiger partial charge < -0.3 is 9.80 Å². The molecule has 4 nitrogen and oxygen atoms in total. The predicted octanol–water partition coefficient (Wildman–Crippen LogP) is 1.25. The van der Waals surface area contributed by atoms with E-state index >= 15 is 0 Å². The summed E-state index contributed by atoms with van der Waals surface area (Å²) in [6.07, 6.45) is 2.99. The van der Waals surface area contributed by atoms with E-state index in [1.54, 1.807) is 4.90 Å². The number of amides is 2. The Bertz CT molecular complexity index is 405. The fourth-order valence-electron chi connectivity index (χ4n) is 3.42. The zero-order chi connectivity index (χ0) is 13.1. The molecule has 3 unspecified atom stereocenters. The smallest absolute Gasteiger partial charge is 0.246 e. The molecule has 0 spiro atoms. The third kappa shape index (κ3) is 1.65. The highest BCUT2D eigenvalue weighted by Crippen LogP contribution is 2.52. The van der Waals surface area contributed by atoms with E-state index in [9.17, 15) is 9.59 Å². The lowest BCUT2D eigenvalue weighted by molar-refractivity contribution is -0.158. The van der Waals surface area contributed by atoms with Crippen LogP contribution in [-0.2, 0) is 9.59 Å². The van der Waals surface area contributed by atoms with Crippen molar-refractivity contribution in [3.8, 4) is 0 Å². The monoisotopic (exact) mass is 250 g/mol. The maximum Gasteiger partial charge on any atom is 0.246 e. The molecule has 4 heteroatoms. The first-order valence-electron chi connectivity index (χ1n) is 7.03. The number of carbonyl (C=O) groups excluding carboxylic acids is 2. The van der Waals surface area contributed by atoms with Gasteiger partial charge in [-0.2, -0.15) is 0 Å². The molecular weight excluding hydrogens is 228 g/mol. The van der Waals surface area contributed by atoms with Gasteiger partial charge in [-0.3, -0.25) is 9.59 Å². The van der Waals surface area contributed by atoms with E-state index in [1.165, 1.54) is 6.42 Å². The highest BCUT2D eigenvalue weighted by molar-refractivity contribution is 5.97. The van der Waals surface area contributed by atoms with E-state index in [0.29, 0.717) is 11.3 Å². The van der Waals surface area contributed by atoms with Gasteiger partial charge in [0.2, 0.25) is 11.8 Å². The maximum absolute atomic E-state index is 12.5. The van der Waals surface area contributed by atoms with Crippen molar-refractivity contribution in [3.63, 3.8) is 0 Å². The summed E-state index contributed by atoms with van der Waals surface area (Å²) in [6, 6.07) is -0.418. The van der Waals surface area contributed by atoms with Crippen LogP contribution in [0.4, 0.5) is 0 Å². The van der Waals surface area contributed by atoms with Crippen LogP contribution in [0.3, 0.4) is 0 Å². The molecule has 3 rings (SSSR count). The third-order valence-corrected chi connectivity index (χ3v) is 5.06. The molecule has 0 bridgehead atoms. The van der Waals surface area contributed by atoms with E-state index < -0.39 is 0 Å². The normalized spacial score (nSPS) is 38.1. The van der Waals surface area contributed by atoms with Crippen molar-refractivity contribution in [1.29, 1.82) is 0 Å². The molecule has 2 heterocycles. The molecule has 3 atom stereocenters. The second kappa shape index (κ2) is 3.72. The van der Waals surface area contributed by atoms with Gasteiger partial charge in [0.1, 0.15) is 12.1 Å². The van der Waals surface area contributed by atoms with Gasteiger partial charge in [-0.05, 0) is 37.5 Å². The van der Waals surface area contributed by atoms with Crippen molar-refractivity contribution < 1.29 is 9.59 Å². The van der Waals surface area contributed by atoms with Crippen LogP contribution in [0.15, 0.2) is 0 Å². The van der Waals surface area contributed by atoms with Crippen LogP contribution in [0.1, 0.15) is 40.0 Å². The molecule has 0 aromatic heterocycles. The van der Waals surface area contributed by atoms with Crippen LogP contribution >= 0.6 is 0 Å². The summed E-state index contributed by atoms with van der Waals surface area (Å²) in [6.45, 7) is 7.89. The number of hydrogen-bond acceptors (Lipinski definition) is 2. The first-order valence-corrected chi connectivity index (χ1v) is 7.03. The molecule has 1 saturated carbocycles. The van der Waals surface area contributed by atoms with E-state index in [0.717, 1.165) is 25.9 Å². The van der Waals surface area contributed by atoms with Crippen LogP contribution in [0, 0.1) is 11.3 Å². The van der Waals surface area contributed by atoms with Gasteiger partial charge in [0.15, 0.2) is 0 Å². The first kappa shape index (κ1) is 12.0. The van der Waals surface area contributed by atoms with Crippen LogP contribution in [0.5, 0.6) is 0 Å². The molecule has 3 aliphatic rings. The topological polar surface area (TPSA) is 40.6 Å². The summed E-state index contributed by atoms with van der Waals surface area (Å²) in [5.41, 5.74) is 0.357. The van der Waals surface area contributed by atoms with Gasteiger partial charge in [0.05, 0.1) is 0 Å². The molecule has 0 radical (unpaired) electrons. The Morgan fingerprint density at radius 2 is 1.94 bits per heavy atom. The molecule has 0 aromatic carbocycles. The lowest BCUT2D eigenvalue weighted by Crippen LogP contribution is -2.62. The van der Waals surface area contributed by atoms with Crippen molar-refractivity contribution >= 4 is 11.8 Å². The molecule has 18 heavy (non-hydrogen) atoms. The van der Waals surface area contributed by atoms with Crippen molar-refractivity contribution in [2.45, 2.75) is 52.1 Å². The Labute approximate surface area is 108 Å². The molecule has 2 saturated heterocycles. The number of hydrogen-bond donors (Lipinski definition) is 0. The average Bonchev–Trinajstić information content (AvgIpc) is 2.77. The largest absolute Gasteiger partial charge is 0.329 e. The Kier molecular flexibility index (Phi) is 2.48. The number of carbonyl (C=O) groups is 2. The minimum Gasteiger partial charge on any atom is -0.329 e. The fraction of sp³-hybridized carbons (Fsp3) is 0.857. The van der Waals surface area contributed by atoms with Gasteiger partial charge >= 0.3 is 0 Å². The van der Waals surface area contributed by atoms with Gasteiger partial charge in [-0.25, -0.2) is 0 Å². The van der Waals surface area contributed by atoms with Crippen molar-refractivity contribution in [2.24, 2.45) is 11.3 Å². The summed E-state index contributed by atoms with van der Waals surface area (Å²) in [7, 11) is 0. The van der Waals surface area contributed by atoms with Gasteiger partial charge in [-0.1, -0.05) is 13.8 Å². The van der Waals surface area contributed by atoms with Crippen molar-refractivity contribution in [1.82, 2.24) is 9.80 Å². The minimum atomic E-state index is -0.261. The Balaban J connectivity index is 1.77. The van der Waals surface area contributed by atoms with Gasteiger partial charge in [0.25, 0.3) is 0 Å². The van der Waals surface area contributed by atoms with E-state index in [-0.39, 0.29) is 23.9 Å². The van der Waals surface area contributed by atoms with Crippen LogP contribution < -0.4 is 0 Å². The number of nitrogens with zero attached hydrogens (tertiary/aromatic N) is 2. The van der Waals surface area contributed by atoms with Gasteiger partial charge in [0, 0.05) is 13.1 Å². The molecule has 100 valence electrons. The lowest BCUT2D eigenvalue weighted by Gasteiger charge is -2.41. The molecule has 2 amide bonds. The van der Waals surface area contributed by atoms with Crippen molar-refractivity contribution in [2.75, 3.05) is 13.1 Å². The van der Waals surface area contributed by atoms with Crippen LogP contribution in [-0.4, -0.2) is 46.8 Å². The van der Waals surface area contributed by atoms with E-state index in [2.05, 4.69) is 13.8 Å². The zero-order valence-electron chi connectivity index (χ0n) is 11.5. The minimum absolute atomic E-state index is 0.149. The summed E-state index contributed by atoms with van der Waals surface area (Å²) in [5, 5.41) is 0. The Morgan fingerprint density at radius 1 is 1.28 bits per heavy atom. The zero-order valence-corrected chi connectivity index (χ0v) is 11.5. The molecule has 1 aliphatic carbocycles. The molecule has 2 aliphatic heterocycles. The molecular formula is C14H22N2O2. The first-order chi connectivity index (χ1) is 8.42. The highest BCUT2D eigenvalue weighted by Gasteiger charge is 2.51. The number of rotatable bonds is 2. The van der Waals surface area contributed by atoms with Crippen LogP contribution in [0.25, 0.3) is 0 Å². The quantitative estimate of drug-likeness (QED) is 0.740. The standard InChI is InChI=1S/C14H22N2O2/c1-9-12(17)15-6-4-5-11(15)13(18)16(9)8-10-7-14(10,2)3/h9-11H,4-8H2,1-3H3. The third-order valence-electron chi connectivity index (χ3n) is 5.06. The maximum atomic E-state index is 12.5. The molecule has 0 N–H and O–H groups in total. The molecule has 0 aromatic rings. The second-order valence-corrected chi connectivity index (χ2v) is 6.75. The summed E-state index contributed by atoms with van der Waals surface area (Å²) < 4.78 is 0. The summed E-state index contributed by atoms with van der Waals surface area (Å²) in [4.78, 5) is 28.4. The summed E-state index contributed by atoms with van der Waals surface area (Å²) in [5.74, 6) is 0.905. The van der Waals surface area contributed by atoms with E-state index in [4.69, 9.17) is 0 Å². The Morgan fingerprint density at radius 3 is 2.56 bits per heavy atom. The Hall–Kier alpha value is -1.06. The number of piperazine rings is 1. The predicted molar refractivity (Wildman–Crippen MR) is 67.8 cm³/mol. The van der Waals surface area contributed by atoms with Crippen molar-refractivity contribution in [3.05, 3.63) is 0 Å². The lowest BCUT2D eigenvalue weighted by atomic mass is 10.0. The van der Waals surface area contributed by atoms with Gasteiger partial charge in [-0.15, -0.1) is 0 Å². The fourth-order valence-corrected chi connectivity index (χ4v) is 3.42. The summed E-state index contributed by atoms with van der Waals surface area (Å²) >= 11 is 0. The second-order valence-electron chi connectivity index (χ2n) is 6.75. The van der Waals surface area contributed by atoms with E-state index in [1.807, 2.05) is 11.8 Å². The number of fused-ring (bicyclic) bond motifs is 1.